The highest BCUT2D eigenvalue weighted by atomic mass is 32.1. The zero-order valence-corrected chi connectivity index (χ0v) is 14.3. The largest absolute Gasteiger partial charge is 0.494 e. The van der Waals surface area contributed by atoms with Gasteiger partial charge in [-0.25, -0.2) is 4.39 Å². The highest BCUT2D eigenvalue weighted by molar-refractivity contribution is 7.08. The van der Waals surface area contributed by atoms with E-state index in [1.165, 1.54) is 23.5 Å². The molecule has 1 amide bonds. The number of thiophene rings is 1. The van der Waals surface area contributed by atoms with E-state index in [9.17, 15) is 23.5 Å². The topological polar surface area (TPSA) is 66.8 Å². The summed E-state index contributed by atoms with van der Waals surface area (Å²) in [4.78, 5) is 25.4. The monoisotopic (exact) mass is 367 g/mol. The minimum atomic E-state index is -1.06. The SMILES string of the molecule is COC1=C(F)CC2C(=C1)C(CC(=O)O)=C(C)N2C(=O)c1csc(F)c1. The minimum Gasteiger partial charge on any atom is -0.494 e. The number of nitrogens with zero attached hydrogens (tertiary/aromatic N) is 1. The Kier molecular flexibility index (Phi) is 4.47. The van der Waals surface area contributed by atoms with Crippen LogP contribution in [0.1, 0.15) is 30.1 Å². The number of carboxylic acid groups (broad SMARTS) is 1. The Morgan fingerprint density at radius 3 is 2.72 bits per heavy atom. The standard InChI is InChI=1S/C17H15F2NO4S/c1-8-10(5-16(21)22)11-4-14(24-2)12(18)6-13(11)20(8)17(23)9-3-15(19)25-7-9/h3-4,7,13H,5-6H2,1-2H3,(H,21,22). The van der Waals surface area contributed by atoms with Gasteiger partial charge in [0.15, 0.2) is 10.9 Å². The van der Waals surface area contributed by atoms with Crippen molar-refractivity contribution in [3.05, 3.63) is 56.6 Å². The lowest BCUT2D eigenvalue weighted by Crippen LogP contribution is -2.37. The van der Waals surface area contributed by atoms with E-state index in [1.807, 2.05) is 0 Å². The summed E-state index contributed by atoms with van der Waals surface area (Å²) in [5.41, 5.74) is 1.57. The van der Waals surface area contributed by atoms with Gasteiger partial charge in [0, 0.05) is 17.5 Å². The van der Waals surface area contributed by atoms with Gasteiger partial charge in [0.1, 0.15) is 5.83 Å². The van der Waals surface area contributed by atoms with Crippen LogP contribution >= 0.6 is 11.3 Å². The lowest BCUT2D eigenvalue weighted by atomic mass is 9.92. The third-order valence-electron chi connectivity index (χ3n) is 4.32. The summed E-state index contributed by atoms with van der Waals surface area (Å²) in [5, 5.41) is 10.1. The Morgan fingerprint density at radius 1 is 1.44 bits per heavy atom. The molecule has 0 spiro atoms. The molecule has 0 bridgehead atoms. The van der Waals surface area contributed by atoms with Gasteiger partial charge >= 0.3 is 5.97 Å². The number of fused-ring (bicyclic) bond motifs is 1. The first-order chi connectivity index (χ1) is 11.8. The molecule has 1 aliphatic heterocycles. The average Bonchev–Trinajstić information content (AvgIpc) is 3.08. The summed E-state index contributed by atoms with van der Waals surface area (Å²) in [5.74, 6) is -2.03. The van der Waals surface area contributed by atoms with Crippen molar-refractivity contribution >= 4 is 23.2 Å². The van der Waals surface area contributed by atoms with Crippen molar-refractivity contribution in [1.82, 2.24) is 4.90 Å². The van der Waals surface area contributed by atoms with Crippen LogP contribution < -0.4 is 0 Å². The van der Waals surface area contributed by atoms with E-state index < -0.39 is 28.9 Å². The molecule has 8 heteroatoms. The van der Waals surface area contributed by atoms with Gasteiger partial charge < -0.3 is 14.7 Å². The number of hydrogen-bond donors (Lipinski definition) is 1. The van der Waals surface area contributed by atoms with Crippen LogP contribution in [0.4, 0.5) is 8.78 Å². The second-order valence-electron chi connectivity index (χ2n) is 5.74. The molecule has 5 nitrogen and oxygen atoms in total. The van der Waals surface area contributed by atoms with Crippen molar-refractivity contribution in [2.45, 2.75) is 25.8 Å². The molecule has 3 rings (SSSR count). The van der Waals surface area contributed by atoms with Crippen LogP contribution in [0.2, 0.25) is 0 Å². The number of aliphatic carboxylic acids is 1. The summed E-state index contributed by atoms with van der Waals surface area (Å²) in [6.45, 7) is 1.61. The van der Waals surface area contributed by atoms with Gasteiger partial charge in [-0.2, -0.15) is 4.39 Å². The average molecular weight is 367 g/mol. The summed E-state index contributed by atoms with van der Waals surface area (Å²) in [6.07, 6.45) is 1.02. The second kappa shape index (κ2) is 6.44. The number of rotatable bonds is 4. The van der Waals surface area contributed by atoms with E-state index in [-0.39, 0.29) is 24.2 Å². The molecule has 132 valence electrons. The maximum Gasteiger partial charge on any atom is 0.307 e. The van der Waals surface area contributed by atoms with Gasteiger partial charge in [0.05, 0.1) is 25.1 Å². The molecular weight excluding hydrogens is 352 g/mol. The first-order valence-electron chi connectivity index (χ1n) is 7.47. The van der Waals surface area contributed by atoms with E-state index in [2.05, 4.69) is 0 Å². The normalized spacial score (nSPS) is 19.9. The van der Waals surface area contributed by atoms with Crippen LogP contribution in [-0.4, -0.2) is 35.0 Å². The fraction of sp³-hybridized carbons (Fsp3) is 0.294. The van der Waals surface area contributed by atoms with Crippen molar-refractivity contribution in [2.75, 3.05) is 7.11 Å². The molecule has 0 saturated heterocycles. The molecule has 1 atom stereocenters. The van der Waals surface area contributed by atoms with Crippen LogP contribution in [0, 0.1) is 5.13 Å². The highest BCUT2D eigenvalue weighted by Gasteiger charge is 2.42. The summed E-state index contributed by atoms with van der Waals surface area (Å²) in [6, 6.07) is 0.456. The number of carbonyl (C=O) groups excluding carboxylic acids is 1. The Balaban J connectivity index is 2.06. The molecule has 0 saturated carbocycles. The molecule has 1 aromatic rings. The van der Waals surface area contributed by atoms with E-state index in [1.54, 1.807) is 6.92 Å². The molecule has 1 aliphatic carbocycles. The Bertz CT molecular complexity index is 853. The maximum absolute atomic E-state index is 14.2. The van der Waals surface area contributed by atoms with E-state index in [0.29, 0.717) is 16.8 Å². The molecule has 1 unspecified atom stereocenters. The van der Waals surface area contributed by atoms with E-state index >= 15 is 0 Å². The number of ether oxygens (including phenoxy) is 1. The lowest BCUT2D eigenvalue weighted by Gasteiger charge is -2.29. The Labute approximate surface area is 146 Å². The third-order valence-corrected chi connectivity index (χ3v) is 5.04. The number of carbonyl (C=O) groups is 2. The molecule has 1 aromatic heterocycles. The van der Waals surface area contributed by atoms with Crippen LogP contribution in [0.25, 0.3) is 0 Å². The fourth-order valence-corrected chi connectivity index (χ4v) is 3.81. The smallest absolute Gasteiger partial charge is 0.307 e. The molecule has 25 heavy (non-hydrogen) atoms. The molecule has 2 aliphatic rings. The Hall–Kier alpha value is -2.48. The van der Waals surface area contributed by atoms with Crippen molar-refractivity contribution in [3.8, 4) is 0 Å². The fourth-order valence-electron chi connectivity index (χ4n) is 3.21. The van der Waals surface area contributed by atoms with Crippen molar-refractivity contribution < 1.29 is 28.2 Å². The summed E-state index contributed by atoms with van der Waals surface area (Å²) < 4.78 is 32.5. The molecule has 0 fully saturated rings. The van der Waals surface area contributed by atoms with Gasteiger partial charge in [-0.3, -0.25) is 9.59 Å². The van der Waals surface area contributed by atoms with Crippen LogP contribution in [0.15, 0.2) is 46.0 Å². The van der Waals surface area contributed by atoms with Gasteiger partial charge in [-0.05, 0) is 30.2 Å². The molecule has 1 N–H and O–H groups in total. The first kappa shape index (κ1) is 17.3. The molecular formula is C17H15F2NO4S. The predicted octanol–water partition coefficient (Wildman–Crippen LogP) is 3.62. The summed E-state index contributed by atoms with van der Waals surface area (Å²) in [7, 11) is 1.33. The predicted molar refractivity (Wildman–Crippen MR) is 87.0 cm³/mol. The molecule has 0 radical (unpaired) electrons. The number of carboxylic acids is 1. The van der Waals surface area contributed by atoms with Gasteiger partial charge in [0.2, 0.25) is 0 Å². The van der Waals surface area contributed by atoms with Gasteiger partial charge in [0.25, 0.3) is 5.91 Å². The number of hydrogen-bond acceptors (Lipinski definition) is 4. The van der Waals surface area contributed by atoms with Crippen molar-refractivity contribution in [1.29, 1.82) is 0 Å². The van der Waals surface area contributed by atoms with Crippen LogP contribution in [-0.2, 0) is 9.53 Å². The van der Waals surface area contributed by atoms with Crippen molar-refractivity contribution in [3.63, 3.8) is 0 Å². The molecule has 2 heterocycles. The molecule has 0 aromatic carbocycles. The summed E-state index contributed by atoms with van der Waals surface area (Å²) >= 11 is 0.796. The number of allylic oxidation sites excluding steroid dienone is 2. The van der Waals surface area contributed by atoms with Gasteiger partial charge in [-0.15, -0.1) is 11.3 Å². The minimum absolute atomic E-state index is 0.0258. The first-order valence-corrected chi connectivity index (χ1v) is 8.35. The zero-order valence-electron chi connectivity index (χ0n) is 13.5. The number of amides is 1. The quantitative estimate of drug-likeness (QED) is 0.883. The Morgan fingerprint density at radius 2 is 2.16 bits per heavy atom. The third kappa shape index (κ3) is 2.97. The number of halogens is 2. The lowest BCUT2D eigenvalue weighted by molar-refractivity contribution is -0.136. The maximum atomic E-state index is 14.2. The van der Waals surface area contributed by atoms with Gasteiger partial charge in [-0.1, -0.05) is 0 Å². The number of methoxy groups -OCH3 is 1. The van der Waals surface area contributed by atoms with E-state index in [4.69, 9.17) is 4.74 Å². The van der Waals surface area contributed by atoms with Crippen LogP contribution in [0.5, 0.6) is 0 Å². The second-order valence-corrected chi connectivity index (χ2v) is 6.60. The van der Waals surface area contributed by atoms with Crippen LogP contribution in [0.3, 0.4) is 0 Å². The van der Waals surface area contributed by atoms with Crippen molar-refractivity contribution in [2.24, 2.45) is 0 Å². The van der Waals surface area contributed by atoms with E-state index in [0.717, 1.165) is 17.4 Å². The highest BCUT2D eigenvalue weighted by Crippen LogP contribution is 2.43. The zero-order chi connectivity index (χ0) is 18.3.